The molecule has 0 bridgehead atoms. The van der Waals surface area contributed by atoms with Gasteiger partial charge < -0.3 is 9.47 Å². The minimum atomic E-state index is -0.180. The first kappa shape index (κ1) is 12.1. The van der Waals surface area contributed by atoms with Crippen molar-refractivity contribution in [3.63, 3.8) is 0 Å². The largest absolute Gasteiger partial charge is 0.346 e. The van der Waals surface area contributed by atoms with Gasteiger partial charge in [0.2, 0.25) is 0 Å². The van der Waals surface area contributed by atoms with Crippen LogP contribution in [0.1, 0.15) is 13.8 Å². The van der Waals surface area contributed by atoms with E-state index in [-0.39, 0.29) is 11.4 Å². The molecule has 0 aliphatic heterocycles. The van der Waals surface area contributed by atoms with Crippen LogP contribution in [0.4, 0.5) is 4.39 Å². The lowest BCUT2D eigenvalue weighted by molar-refractivity contribution is 0.171. The monoisotopic (exact) mass is 234 g/mol. The molecule has 0 N–H and O–H groups in total. The zero-order valence-corrected chi connectivity index (χ0v) is 10.9. The minimum absolute atomic E-state index is 0.0399. The molecule has 0 aliphatic carbocycles. The highest BCUT2D eigenvalue weighted by molar-refractivity contribution is 5.80. The second-order valence-electron chi connectivity index (χ2n) is 5.35. The predicted molar refractivity (Wildman–Crippen MR) is 69.7 cm³/mol. The van der Waals surface area contributed by atoms with Crippen molar-refractivity contribution in [3.05, 3.63) is 36.3 Å². The SMILES string of the molecule is CN(C)C(C)(C)Cn1ccc2ccc(F)cc21. The van der Waals surface area contributed by atoms with E-state index in [1.807, 2.05) is 18.3 Å². The molecule has 1 aromatic carbocycles. The van der Waals surface area contributed by atoms with Gasteiger partial charge in [-0.1, -0.05) is 0 Å². The summed E-state index contributed by atoms with van der Waals surface area (Å²) in [6.07, 6.45) is 2.02. The van der Waals surface area contributed by atoms with E-state index in [4.69, 9.17) is 0 Å². The fourth-order valence-corrected chi connectivity index (χ4v) is 1.85. The van der Waals surface area contributed by atoms with Gasteiger partial charge in [-0.15, -0.1) is 0 Å². The van der Waals surface area contributed by atoms with Gasteiger partial charge in [0, 0.05) is 18.3 Å². The second-order valence-corrected chi connectivity index (χ2v) is 5.35. The molecule has 0 unspecified atom stereocenters. The molecule has 0 saturated heterocycles. The van der Waals surface area contributed by atoms with Gasteiger partial charge in [0.15, 0.2) is 0 Å². The molecule has 0 fully saturated rings. The molecule has 1 heterocycles. The number of aromatic nitrogens is 1. The van der Waals surface area contributed by atoms with E-state index in [1.54, 1.807) is 6.07 Å². The van der Waals surface area contributed by atoms with Crippen molar-refractivity contribution in [1.82, 2.24) is 9.47 Å². The topological polar surface area (TPSA) is 8.17 Å². The number of hydrogen-bond acceptors (Lipinski definition) is 1. The molecular weight excluding hydrogens is 215 g/mol. The van der Waals surface area contributed by atoms with Gasteiger partial charge in [-0.05, 0) is 57.6 Å². The molecule has 0 spiro atoms. The van der Waals surface area contributed by atoms with Crippen molar-refractivity contribution >= 4 is 10.9 Å². The van der Waals surface area contributed by atoms with Crippen molar-refractivity contribution < 1.29 is 4.39 Å². The average molecular weight is 234 g/mol. The molecule has 2 aromatic rings. The Kier molecular flexibility index (Phi) is 2.96. The van der Waals surface area contributed by atoms with Crippen LogP contribution >= 0.6 is 0 Å². The van der Waals surface area contributed by atoms with Gasteiger partial charge in [-0.2, -0.15) is 0 Å². The van der Waals surface area contributed by atoms with Crippen molar-refractivity contribution in [2.24, 2.45) is 0 Å². The Morgan fingerprint density at radius 2 is 1.94 bits per heavy atom. The van der Waals surface area contributed by atoms with Gasteiger partial charge in [-0.25, -0.2) is 4.39 Å². The first-order valence-corrected chi connectivity index (χ1v) is 5.82. The summed E-state index contributed by atoms with van der Waals surface area (Å²) in [5.74, 6) is -0.180. The predicted octanol–water partition coefficient (Wildman–Crippen LogP) is 3.12. The number of likely N-dealkylation sites (N-methyl/N-ethyl adjacent to an activating group) is 1. The second kappa shape index (κ2) is 4.15. The first-order chi connectivity index (χ1) is 7.90. The number of nitrogens with zero attached hydrogens (tertiary/aromatic N) is 2. The van der Waals surface area contributed by atoms with E-state index < -0.39 is 0 Å². The van der Waals surface area contributed by atoms with E-state index in [0.29, 0.717) is 0 Å². The summed E-state index contributed by atoms with van der Waals surface area (Å²) in [6.45, 7) is 5.20. The van der Waals surface area contributed by atoms with Crippen LogP contribution in [-0.4, -0.2) is 29.1 Å². The van der Waals surface area contributed by atoms with Crippen molar-refractivity contribution in [3.8, 4) is 0 Å². The van der Waals surface area contributed by atoms with Gasteiger partial charge in [0.1, 0.15) is 5.82 Å². The smallest absolute Gasteiger partial charge is 0.125 e. The summed E-state index contributed by atoms with van der Waals surface area (Å²) in [6, 6.07) is 6.95. The Morgan fingerprint density at radius 3 is 2.59 bits per heavy atom. The lowest BCUT2D eigenvalue weighted by atomic mass is 10.0. The van der Waals surface area contributed by atoms with E-state index in [0.717, 1.165) is 17.4 Å². The molecule has 0 saturated carbocycles. The molecule has 0 aliphatic rings. The highest BCUT2D eigenvalue weighted by Crippen LogP contribution is 2.21. The van der Waals surface area contributed by atoms with Crippen LogP contribution in [0.2, 0.25) is 0 Å². The van der Waals surface area contributed by atoms with Gasteiger partial charge in [-0.3, -0.25) is 0 Å². The van der Waals surface area contributed by atoms with Crippen LogP contribution in [0.5, 0.6) is 0 Å². The number of hydrogen-bond donors (Lipinski definition) is 0. The zero-order valence-electron chi connectivity index (χ0n) is 10.9. The summed E-state index contributed by atoms with van der Waals surface area (Å²) in [5, 5.41) is 1.08. The molecule has 1 aromatic heterocycles. The minimum Gasteiger partial charge on any atom is -0.346 e. The van der Waals surface area contributed by atoms with Gasteiger partial charge in [0.05, 0.1) is 5.52 Å². The number of rotatable bonds is 3. The third-order valence-corrected chi connectivity index (χ3v) is 3.50. The molecule has 2 rings (SSSR count). The molecule has 0 radical (unpaired) electrons. The van der Waals surface area contributed by atoms with Crippen LogP contribution in [0, 0.1) is 5.82 Å². The lowest BCUT2D eigenvalue weighted by Crippen LogP contribution is -2.41. The van der Waals surface area contributed by atoms with Crippen LogP contribution in [0.25, 0.3) is 10.9 Å². The summed E-state index contributed by atoms with van der Waals surface area (Å²) in [4.78, 5) is 2.18. The fourth-order valence-electron chi connectivity index (χ4n) is 1.85. The number of benzene rings is 1. The van der Waals surface area contributed by atoms with Crippen molar-refractivity contribution in [2.45, 2.75) is 25.9 Å². The Bertz CT molecular complexity index is 526. The maximum Gasteiger partial charge on any atom is 0.125 e. The first-order valence-electron chi connectivity index (χ1n) is 5.82. The van der Waals surface area contributed by atoms with E-state index in [1.165, 1.54) is 6.07 Å². The zero-order chi connectivity index (χ0) is 12.6. The number of fused-ring (bicyclic) bond motifs is 1. The Hall–Kier alpha value is -1.35. The molecule has 92 valence electrons. The molecule has 0 amide bonds. The molecular formula is C14H19FN2. The normalized spacial score (nSPS) is 12.6. The Balaban J connectivity index is 2.40. The molecule has 3 heteroatoms. The summed E-state index contributed by atoms with van der Waals surface area (Å²) in [7, 11) is 4.12. The maximum absolute atomic E-state index is 13.3. The Labute approximate surface area is 102 Å². The van der Waals surface area contributed by atoms with E-state index in [2.05, 4.69) is 37.4 Å². The van der Waals surface area contributed by atoms with Crippen molar-refractivity contribution in [1.29, 1.82) is 0 Å². The van der Waals surface area contributed by atoms with E-state index in [9.17, 15) is 4.39 Å². The standard InChI is InChI=1S/C14H19FN2/c1-14(2,16(3)4)10-17-8-7-11-5-6-12(15)9-13(11)17/h5-9H,10H2,1-4H3. The summed E-state index contributed by atoms with van der Waals surface area (Å²) >= 11 is 0. The Morgan fingerprint density at radius 1 is 1.24 bits per heavy atom. The average Bonchev–Trinajstić information content (AvgIpc) is 2.60. The lowest BCUT2D eigenvalue weighted by Gasteiger charge is -2.33. The van der Waals surface area contributed by atoms with Gasteiger partial charge >= 0.3 is 0 Å². The van der Waals surface area contributed by atoms with E-state index >= 15 is 0 Å². The quantitative estimate of drug-likeness (QED) is 0.792. The summed E-state index contributed by atoms with van der Waals surface area (Å²) < 4.78 is 15.4. The number of halogens is 1. The third-order valence-electron chi connectivity index (χ3n) is 3.50. The maximum atomic E-state index is 13.3. The summed E-state index contributed by atoms with van der Waals surface area (Å²) in [5.41, 5.74) is 0.998. The van der Waals surface area contributed by atoms with Crippen LogP contribution < -0.4 is 0 Å². The van der Waals surface area contributed by atoms with Crippen LogP contribution in [0.15, 0.2) is 30.5 Å². The highest BCUT2D eigenvalue weighted by atomic mass is 19.1. The third kappa shape index (κ3) is 2.34. The molecule has 2 nitrogen and oxygen atoms in total. The highest BCUT2D eigenvalue weighted by Gasteiger charge is 2.21. The fraction of sp³-hybridized carbons (Fsp3) is 0.429. The van der Waals surface area contributed by atoms with Crippen LogP contribution in [-0.2, 0) is 6.54 Å². The van der Waals surface area contributed by atoms with Crippen molar-refractivity contribution in [2.75, 3.05) is 14.1 Å². The molecule has 0 atom stereocenters. The van der Waals surface area contributed by atoms with Gasteiger partial charge in [0.25, 0.3) is 0 Å². The van der Waals surface area contributed by atoms with Crippen LogP contribution in [0.3, 0.4) is 0 Å². The molecule has 17 heavy (non-hydrogen) atoms.